The van der Waals surface area contributed by atoms with E-state index in [4.69, 9.17) is 9.88 Å². The van der Waals surface area contributed by atoms with Crippen LogP contribution in [0.3, 0.4) is 0 Å². The lowest BCUT2D eigenvalue weighted by atomic mass is 10.1. The van der Waals surface area contributed by atoms with Gasteiger partial charge in [0.25, 0.3) is 0 Å². The summed E-state index contributed by atoms with van der Waals surface area (Å²) in [5, 5.41) is 8.55. The summed E-state index contributed by atoms with van der Waals surface area (Å²) < 4.78 is 28.3. The molecule has 1 aliphatic rings. The number of sulfonamides is 1. The highest BCUT2D eigenvalue weighted by Gasteiger charge is 2.17. The van der Waals surface area contributed by atoms with Gasteiger partial charge in [-0.1, -0.05) is 0 Å². The Morgan fingerprint density at radius 1 is 1.37 bits per heavy atom. The van der Waals surface area contributed by atoms with Gasteiger partial charge < -0.3 is 10.1 Å². The summed E-state index contributed by atoms with van der Waals surface area (Å²) in [6.45, 7) is 5.30. The van der Waals surface area contributed by atoms with Crippen LogP contribution in [-0.2, 0) is 14.8 Å². The second kappa shape index (κ2) is 5.48. The minimum Gasteiger partial charge on any atom is -0.380 e. The maximum atomic E-state index is 11.5. The molecule has 1 aromatic rings. The van der Waals surface area contributed by atoms with Crippen LogP contribution in [-0.4, -0.2) is 27.7 Å². The van der Waals surface area contributed by atoms with Crippen LogP contribution >= 0.6 is 0 Å². The van der Waals surface area contributed by atoms with Crippen LogP contribution in [0.2, 0.25) is 0 Å². The summed E-state index contributed by atoms with van der Waals surface area (Å²) in [5.41, 5.74) is 2.77. The van der Waals surface area contributed by atoms with Crippen LogP contribution in [0.15, 0.2) is 17.0 Å². The third-order valence-electron chi connectivity index (χ3n) is 3.49. The van der Waals surface area contributed by atoms with Crippen molar-refractivity contribution in [3.8, 4) is 0 Å². The first-order chi connectivity index (χ1) is 8.88. The molecular formula is C13H20N2O3S. The number of aryl methyl sites for hydroxylation is 1. The number of hydrogen-bond donors (Lipinski definition) is 2. The Balaban J connectivity index is 2.30. The predicted octanol–water partition coefficient (Wildman–Crippen LogP) is 1.54. The Hall–Kier alpha value is -1.11. The maximum Gasteiger partial charge on any atom is 0.238 e. The van der Waals surface area contributed by atoms with E-state index in [0.29, 0.717) is 6.61 Å². The highest BCUT2D eigenvalue weighted by atomic mass is 32.2. The second-order valence-corrected chi connectivity index (χ2v) is 6.58. The van der Waals surface area contributed by atoms with Gasteiger partial charge in [-0.15, -0.1) is 0 Å². The van der Waals surface area contributed by atoms with Crippen LogP contribution < -0.4 is 10.5 Å². The fourth-order valence-electron chi connectivity index (χ4n) is 2.21. The number of ether oxygens (including phenoxy) is 1. The van der Waals surface area contributed by atoms with Gasteiger partial charge in [-0.3, -0.25) is 0 Å². The maximum absolute atomic E-state index is 11.5. The van der Waals surface area contributed by atoms with Gasteiger partial charge in [0.1, 0.15) is 0 Å². The molecule has 1 heterocycles. The number of hydrogen-bond acceptors (Lipinski definition) is 4. The van der Waals surface area contributed by atoms with Gasteiger partial charge in [0, 0.05) is 18.3 Å². The van der Waals surface area contributed by atoms with Crippen LogP contribution in [0.1, 0.15) is 24.0 Å². The van der Waals surface area contributed by atoms with E-state index in [1.807, 2.05) is 13.8 Å². The molecule has 0 amide bonds. The summed E-state index contributed by atoms with van der Waals surface area (Å²) in [6, 6.07) is 3.43. The fraction of sp³-hybridized carbons (Fsp3) is 0.538. The first-order valence-corrected chi connectivity index (χ1v) is 7.91. The third kappa shape index (κ3) is 3.46. The molecule has 0 bridgehead atoms. The number of benzene rings is 1. The van der Waals surface area contributed by atoms with Gasteiger partial charge in [-0.2, -0.15) is 0 Å². The molecule has 1 unspecified atom stereocenters. The molecule has 0 aromatic heterocycles. The first-order valence-electron chi connectivity index (χ1n) is 6.36. The monoisotopic (exact) mass is 284 g/mol. The summed E-state index contributed by atoms with van der Waals surface area (Å²) in [7, 11) is -3.68. The number of anilines is 1. The van der Waals surface area contributed by atoms with Gasteiger partial charge in [0.2, 0.25) is 10.0 Å². The van der Waals surface area contributed by atoms with Crippen molar-refractivity contribution < 1.29 is 13.2 Å². The summed E-state index contributed by atoms with van der Waals surface area (Å²) in [6.07, 6.45) is 2.04. The average molecular weight is 284 g/mol. The predicted molar refractivity (Wildman–Crippen MR) is 74.8 cm³/mol. The van der Waals surface area contributed by atoms with Crippen molar-refractivity contribution in [2.24, 2.45) is 5.14 Å². The Morgan fingerprint density at radius 2 is 2.11 bits per heavy atom. The Morgan fingerprint density at radius 3 is 2.68 bits per heavy atom. The lowest BCUT2D eigenvalue weighted by Crippen LogP contribution is -2.30. The molecule has 2 rings (SSSR count). The van der Waals surface area contributed by atoms with Gasteiger partial charge in [0.15, 0.2) is 0 Å². The van der Waals surface area contributed by atoms with Gasteiger partial charge in [-0.25, -0.2) is 13.6 Å². The van der Waals surface area contributed by atoms with Crippen molar-refractivity contribution in [2.45, 2.75) is 37.6 Å². The van der Waals surface area contributed by atoms with E-state index in [2.05, 4.69) is 5.32 Å². The Bertz CT molecular complexity index is 563. The molecule has 5 nitrogen and oxygen atoms in total. The number of nitrogens with two attached hydrogens (primary N) is 1. The molecule has 0 radical (unpaired) electrons. The highest BCUT2D eigenvalue weighted by molar-refractivity contribution is 7.89. The third-order valence-corrected chi connectivity index (χ3v) is 4.38. The topological polar surface area (TPSA) is 81.4 Å². The summed E-state index contributed by atoms with van der Waals surface area (Å²) in [5.74, 6) is 0. The van der Waals surface area contributed by atoms with E-state index < -0.39 is 10.0 Å². The lowest BCUT2D eigenvalue weighted by Gasteiger charge is -2.25. The molecule has 1 fully saturated rings. The van der Waals surface area contributed by atoms with Gasteiger partial charge in [0.05, 0.1) is 11.5 Å². The zero-order chi connectivity index (χ0) is 14.0. The standard InChI is InChI=1S/C13H20N2O3S/c1-9-6-12(19(14,16)17)7-13(10(9)2)15-11-4-3-5-18-8-11/h6-7,11,15H,3-5,8H2,1-2H3,(H2,14,16,17). The highest BCUT2D eigenvalue weighted by Crippen LogP contribution is 2.25. The van der Waals surface area contributed by atoms with Crippen LogP contribution in [0.25, 0.3) is 0 Å². The van der Waals surface area contributed by atoms with Crippen LogP contribution in [0, 0.1) is 13.8 Å². The summed E-state index contributed by atoms with van der Waals surface area (Å²) in [4.78, 5) is 0.148. The van der Waals surface area contributed by atoms with Crippen molar-refractivity contribution in [1.82, 2.24) is 0 Å². The molecule has 1 aliphatic heterocycles. The Labute approximate surface area is 114 Å². The molecule has 0 spiro atoms. The average Bonchev–Trinajstić information content (AvgIpc) is 2.34. The molecule has 1 atom stereocenters. The normalized spacial score (nSPS) is 20.3. The molecule has 19 heavy (non-hydrogen) atoms. The van der Waals surface area contributed by atoms with Crippen LogP contribution in [0.4, 0.5) is 5.69 Å². The minimum atomic E-state index is -3.68. The Kier molecular flexibility index (Phi) is 4.13. The smallest absolute Gasteiger partial charge is 0.238 e. The molecule has 0 saturated carbocycles. The number of primary sulfonamides is 1. The van der Waals surface area contributed by atoms with E-state index in [1.165, 1.54) is 0 Å². The number of rotatable bonds is 3. The van der Waals surface area contributed by atoms with Gasteiger partial charge >= 0.3 is 0 Å². The van der Waals surface area contributed by atoms with E-state index in [9.17, 15) is 8.42 Å². The van der Waals surface area contributed by atoms with Crippen LogP contribution in [0.5, 0.6) is 0 Å². The SMILES string of the molecule is Cc1cc(S(N)(=O)=O)cc(NC2CCCOC2)c1C. The molecule has 1 aromatic carbocycles. The molecule has 106 valence electrons. The van der Waals surface area contributed by atoms with E-state index in [0.717, 1.165) is 36.3 Å². The fourth-order valence-corrected chi connectivity index (χ4v) is 2.84. The minimum absolute atomic E-state index is 0.148. The van der Waals surface area contributed by atoms with Gasteiger partial charge in [-0.05, 0) is 49.9 Å². The lowest BCUT2D eigenvalue weighted by molar-refractivity contribution is 0.0876. The van der Waals surface area contributed by atoms with E-state index in [1.54, 1.807) is 12.1 Å². The molecule has 6 heteroatoms. The van der Waals surface area contributed by atoms with Crippen molar-refractivity contribution in [1.29, 1.82) is 0 Å². The zero-order valence-electron chi connectivity index (χ0n) is 11.3. The molecular weight excluding hydrogens is 264 g/mol. The molecule has 3 N–H and O–H groups in total. The zero-order valence-corrected chi connectivity index (χ0v) is 12.1. The van der Waals surface area contributed by atoms with E-state index in [-0.39, 0.29) is 10.9 Å². The largest absolute Gasteiger partial charge is 0.380 e. The molecule has 0 aliphatic carbocycles. The summed E-state index contributed by atoms with van der Waals surface area (Å²) >= 11 is 0. The van der Waals surface area contributed by atoms with Crippen molar-refractivity contribution in [3.63, 3.8) is 0 Å². The van der Waals surface area contributed by atoms with E-state index >= 15 is 0 Å². The van der Waals surface area contributed by atoms with Crippen molar-refractivity contribution in [3.05, 3.63) is 23.3 Å². The first kappa shape index (κ1) is 14.3. The quantitative estimate of drug-likeness (QED) is 0.882. The number of nitrogens with one attached hydrogen (secondary N) is 1. The van der Waals surface area contributed by atoms with Crippen molar-refractivity contribution in [2.75, 3.05) is 18.5 Å². The molecule has 1 saturated heterocycles. The van der Waals surface area contributed by atoms with Crippen molar-refractivity contribution >= 4 is 15.7 Å². The second-order valence-electron chi connectivity index (χ2n) is 5.02.